The van der Waals surface area contributed by atoms with Gasteiger partial charge < -0.3 is 15.0 Å². The van der Waals surface area contributed by atoms with E-state index in [1.807, 2.05) is 6.07 Å². The zero-order valence-corrected chi connectivity index (χ0v) is 14.7. The fourth-order valence-electron chi connectivity index (χ4n) is 2.56. The standard InChI is InChI=1S/C21H18N2O4/c1-2-27-19(24)12-9-14-7-10-16(11-8-14)22-21(26)18-13-15-5-3-4-6-17(15)20(25)23-18/h3-13H,2H2,1H3,(H,22,26)(H,23,25)/b12-9+. The van der Waals surface area contributed by atoms with E-state index in [2.05, 4.69) is 10.3 Å². The number of hydrogen-bond acceptors (Lipinski definition) is 4. The summed E-state index contributed by atoms with van der Waals surface area (Å²) in [5.74, 6) is -0.817. The fourth-order valence-corrected chi connectivity index (χ4v) is 2.56. The van der Waals surface area contributed by atoms with Crippen LogP contribution in [0.4, 0.5) is 5.69 Å². The van der Waals surface area contributed by atoms with Crippen molar-refractivity contribution in [2.45, 2.75) is 6.92 Å². The predicted molar refractivity (Wildman–Crippen MR) is 105 cm³/mol. The summed E-state index contributed by atoms with van der Waals surface area (Å²) in [4.78, 5) is 38.4. The number of carbonyl (C=O) groups is 2. The third-order valence-corrected chi connectivity index (χ3v) is 3.87. The number of pyridine rings is 1. The molecular formula is C21H18N2O4. The second-order valence-corrected chi connectivity index (χ2v) is 5.76. The molecule has 0 atom stereocenters. The Balaban J connectivity index is 1.73. The first-order valence-electron chi connectivity index (χ1n) is 8.45. The molecule has 2 aromatic carbocycles. The van der Waals surface area contributed by atoms with Crippen molar-refractivity contribution in [3.05, 3.63) is 82.3 Å². The number of aromatic nitrogens is 1. The molecule has 0 fully saturated rings. The van der Waals surface area contributed by atoms with Gasteiger partial charge in [-0.25, -0.2) is 4.79 Å². The number of anilines is 1. The molecular weight excluding hydrogens is 344 g/mol. The average Bonchev–Trinajstić information content (AvgIpc) is 2.67. The second-order valence-electron chi connectivity index (χ2n) is 5.76. The number of H-pyrrole nitrogens is 1. The number of fused-ring (bicyclic) bond motifs is 1. The van der Waals surface area contributed by atoms with Gasteiger partial charge in [-0.3, -0.25) is 9.59 Å². The van der Waals surface area contributed by atoms with Gasteiger partial charge in [0.15, 0.2) is 0 Å². The van der Waals surface area contributed by atoms with Crippen LogP contribution in [0.5, 0.6) is 0 Å². The molecule has 1 amide bonds. The van der Waals surface area contributed by atoms with E-state index in [4.69, 9.17) is 4.74 Å². The molecule has 136 valence electrons. The van der Waals surface area contributed by atoms with Gasteiger partial charge >= 0.3 is 5.97 Å². The highest BCUT2D eigenvalue weighted by Crippen LogP contribution is 2.14. The minimum atomic E-state index is -0.410. The summed E-state index contributed by atoms with van der Waals surface area (Å²) in [5, 5.41) is 3.97. The molecule has 0 aliphatic carbocycles. The Morgan fingerprint density at radius 1 is 1.11 bits per heavy atom. The molecule has 27 heavy (non-hydrogen) atoms. The van der Waals surface area contributed by atoms with Crippen molar-refractivity contribution >= 4 is 34.4 Å². The molecule has 3 aromatic rings. The van der Waals surface area contributed by atoms with Gasteiger partial charge in [-0.05, 0) is 48.2 Å². The SMILES string of the molecule is CCOC(=O)/C=C/c1ccc(NC(=O)c2cc3ccccc3c(=O)[nH]2)cc1. The van der Waals surface area contributed by atoms with E-state index in [0.29, 0.717) is 23.1 Å². The summed E-state index contributed by atoms with van der Waals surface area (Å²) in [6, 6.07) is 15.7. The Morgan fingerprint density at radius 3 is 2.59 bits per heavy atom. The Labute approximate surface area is 155 Å². The third-order valence-electron chi connectivity index (χ3n) is 3.87. The third kappa shape index (κ3) is 4.49. The van der Waals surface area contributed by atoms with Gasteiger partial charge in [-0.2, -0.15) is 0 Å². The number of hydrogen-bond donors (Lipinski definition) is 2. The maximum absolute atomic E-state index is 12.4. The highest BCUT2D eigenvalue weighted by atomic mass is 16.5. The van der Waals surface area contributed by atoms with Crippen LogP contribution >= 0.6 is 0 Å². The summed E-state index contributed by atoms with van der Waals surface area (Å²) in [7, 11) is 0. The number of amides is 1. The monoisotopic (exact) mass is 362 g/mol. The van der Waals surface area contributed by atoms with Crippen LogP contribution in [0, 0.1) is 0 Å². The zero-order chi connectivity index (χ0) is 19.2. The van der Waals surface area contributed by atoms with Gasteiger partial charge in [0.1, 0.15) is 5.69 Å². The molecule has 3 rings (SSSR count). The van der Waals surface area contributed by atoms with Crippen molar-refractivity contribution in [3.8, 4) is 0 Å². The van der Waals surface area contributed by atoms with Gasteiger partial charge in [0, 0.05) is 17.1 Å². The van der Waals surface area contributed by atoms with Crippen molar-refractivity contribution < 1.29 is 14.3 Å². The van der Waals surface area contributed by atoms with Crippen LogP contribution in [0.1, 0.15) is 23.0 Å². The van der Waals surface area contributed by atoms with Crippen molar-refractivity contribution in [2.24, 2.45) is 0 Å². The van der Waals surface area contributed by atoms with E-state index in [9.17, 15) is 14.4 Å². The quantitative estimate of drug-likeness (QED) is 0.538. The summed E-state index contributed by atoms with van der Waals surface area (Å²) in [6.07, 6.45) is 2.97. The fraction of sp³-hybridized carbons (Fsp3) is 0.0952. The maximum atomic E-state index is 12.4. The molecule has 0 saturated heterocycles. The molecule has 6 heteroatoms. The van der Waals surface area contributed by atoms with Crippen molar-refractivity contribution in [1.82, 2.24) is 4.98 Å². The second kappa shape index (κ2) is 8.14. The normalized spacial score (nSPS) is 10.9. The number of nitrogens with one attached hydrogen (secondary N) is 2. The van der Waals surface area contributed by atoms with Gasteiger partial charge in [0.05, 0.1) is 6.61 Å². The lowest BCUT2D eigenvalue weighted by molar-refractivity contribution is -0.137. The van der Waals surface area contributed by atoms with E-state index in [1.165, 1.54) is 6.08 Å². The summed E-state index contributed by atoms with van der Waals surface area (Å²) < 4.78 is 4.82. The Bertz CT molecular complexity index is 1070. The highest BCUT2D eigenvalue weighted by molar-refractivity contribution is 6.04. The predicted octanol–water partition coefficient (Wildman–Crippen LogP) is 3.36. The Morgan fingerprint density at radius 2 is 1.85 bits per heavy atom. The molecule has 0 saturated carbocycles. The summed E-state index contributed by atoms with van der Waals surface area (Å²) >= 11 is 0. The van der Waals surface area contributed by atoms with Crippen LogP contribution in [-0.4, -0.2) is 23.5 Å². The molecule has 0 bridgehead atoms. The molecule has 0 aliphatic rings. The van der Waals surface area contributed by atoms with E-state index in [0.717, 1.165) is 5.56 Å². The maximum Gasteiger partial charge on any atom is 0.330 e. The van der Waals surface area contributed by atoms with Crippen LogP contribution in [0.3, 0.4) is 0 Å². The largest absolute Gasteiger partial charge is 0.463 e. The van der Waals surface area contributed by atoms with Crippen LogP contribution in [0.2, 0.25) is 0 Å². The number of carbonyl (C=O) groups excluding carboxylic acids is 2. The minimum absolute atomic E-state index is 0.185. The smallest absolute Gasteiger partial charge is 0.330 e. The van der Waals surface area contributed by atoms with E-state index < -0.39 is 11.9 Å². The first-order valence-corrected chi connectivity index (χ1v) is 8.45. The topological polar surface area (TPSA) is 88.3 Å². The number of aromatic amines is 1. The van der Waals surface area contributed by atoms with E-state index in [-0.39, 0.29) is 11.3 Å². The molecule has 0 unspecified atom stereocenters. The molecule has 6 nitrogen and oxygen atoms in total. The lowest BCUT2D eigenvalue weighted by Crippen LogP contribution is -2.18. The Hall–Kier alpha value is -3.67. The first-order chi connectivity index (χ1) is 13.1. The minimum Gasteiger partial charge on any atom is -0.463 e. The molecule has 0 spiro atoms. The number of esters is 1. The molecule has 1 heterocycles. The summed E-state index contributed by atoms with van der Waals surface area (Å²) in [5.41, 5.74) is 1.24. The number of rotatable bonds is 5. The van der Waals surface area contributed by atoms with E-state index >= 15 is 0 Å². The van der Waals surface area contributed by atoms with Gasteiger partial charge in [0.2, 0.25) is 0 Å². The van der Waals surface area contributed by atoms with E-state index in [1.54, 1.807) is 61.5 Å². The van der Waals surface area contributed by atoms with Crippen molar-refractivity contribution in [3.63, 3.8) is 0 Å². The zero-order valence-electron chi connectivity index (χ0n) is 14.7. The number of ether oxygens (including phenoxy) is 1. The van der Waals surface area contributed by atoms with Crippen LogP contribution < -0.4 is 10.9 Å². The van der Waals surface area contributed by atoms with Crippen molar-refractivity contribution in [2.75, 3.05) is 11.9 Å². The molecule has 0 radical (unpaired) electrons. The summed E-state index contributed by atoms with van der Waals surface area (Å²) in [6.45, 7) is 2.07. The van der Waals surface area contributed by atoms with Crippen molar-refractivity contribution in [1.29, 1.82) is 0 Å². The Kier molecular flexibility index (Phi) is 5.47. The molecule has 2 N–H and O–H groups in total. The molecule has 1 aromatic heterocycles. The lowest BCUT2D eigenvalue weighted by Gasteiger charge is -2.06. The molecule has 0 aliphatic heterocycles. The van der Waals surface area contributed by atoms with Gasteiger partial charge in [0.25, 0.3) is 11.5 Å². The first kappa shape index (κ1) is 18.1. The van der Waals surface area contributed by atoms with Gasteiger partial charge in [-0.1, -0.05) is 30.3 Å². The van der Waals surface area contributed by atoms with Crippen LogP contribution in [0.25, 0.3) is 16.8 Å². The average molecular weight is 362 g/mol. The van der Waals surface area contributed by atoms with Gasteiger partial charge in [-0.15, -0.1) is 0 Å². The van der Waals surface area contributed by atoms with Crippen LogP contribution in [0.15, 0.2) is 65.5 Å². The number of benzene rings is 2. The lowest BCUT2D eigenvalue weighted by atomic mass is 10.1. The van der Waals surface area contributed by atoms with Crippen LogP contribution in [-0.2, 0) is 9.53 Å². The highest BCUT2D eigenvalue weighted by Gasteiger charge is 2.09.